The van der Waals surface area contributed by atoms with Crippen LogP contribution in [-0.2, 0) is 57.2 Å². The summed E-state index contributed by atoms with van der Waals surface area (Å²) in [5, 5.41) is 67.9. The lowest BCUT2D eigenvalue weighted by molar-refractivity contribution is -0.558. The van der Waals surface area contributed by atoms with Gasteiger partial charge in [-0.25, -0.2) is 0 Å². The van der Waals surface area contributed by atoms with Gasteiger partial charge in [-0.2, -0.15) is 0 Å². The van der Waals surface area contributed by atoms with E-state index < -0.39 is 110 Å². The van der Waals surface area contributed by atoms with Gasteiger partial charge in [0.15, 0.2) is 0 Å². The molecule has 0 fully saturated rings. The largest absolute Gasteiger partial charge is 0.451 e. The van der Waals surface area contributed by atoms with Crippen molar-refractivity contribution in [3.8, 4) is 0 Å². The summed E-state index contributed by atoms with van der Waals surface area (Å²) in [5.74, 6) is -32.7. The van der Waals surface area contributed by atoms with Gasteiger partial charge in [-0.05, 0) is 0 Å². The molecule has 0 aliphatic heterocycles. The number of rotatable bonds is 17. The van der Waals surface area contributed by atoms with Gasteiger partial charge in [0, 0.05) is 38.5 Å². The number of aliphatic hydroxyl groups excluding tert-OH is 1. The maximum absolute atomic E-state index is 12.6. The Balaban J connectivity index is 8.36. The van der Waals surface area contributed by atoms with Crippen LogP contribution in [0.25, 0.3) is 0 Å². The Morgan fingerprint density at radius 1 is 0.429 bits per heavy atom. The number of aliphatic hydroxyl groups is 6. The molecule has 0 spiro atoms. The number of esters is 6. The summed E-state index contributed by atoms with van der Waals surface area (Å²) in [7, 11) is 0. The van der Waals surface area contributed by atoms with E-state index in [0.717, 1.165) is 41.5 Å². The second kappa shape index (κ2) is 15.2. The number of carbonyl (C=O) groups is 6. The molecule has 0 saturated carbocycles. The first-order valence-corrected chi connectivity index (χ1v) is 12.8. The quantitative estimate of drug-likeness (QED) is 0.0592. The molecule has 0 heterocycles. The van der Waals surface area contributed by atoms with E-state index in [1.54, 1.807) is 0 Å². The van der Waals surface area contributed by atoms with Gasteiger partial charge < -0.3 is 59.1 Å². The summed E-state index contributed by atoms with van der Waals surface area (Å²) in [6.07, 6.45) is -4.24. The average Bonchev–Trinajstić information content (AvgIpc) is 2.95. The summed E-state index contributed by atoms with van der Waals surface area (Å²) in [4.78, 5) is 74.3. The van der Waals surface area contributed by atoms with E-state index in [9.17, 15) is 59.4 Å². The van der Waals surface area contributed by atoms with E-state index in [1.807, 2.05) is 0 Å². The minimum Gasteiger partial charge on any atom is -0.423 e. The number of carbonyl (C=O) groups excluding carboxylic acids is 6. The van der Waals surface area contributed by atoms with Crippen molar-refractivity contribution >= 4 is 35.8 Å². The molecule has 0 aromatic carbocycles. The molecule has 18 heteroatoms. The van der Waals surface area contributed by atoms with E-state index in [4.69, 9.17) is 4.74 Å². The van der Waals surface area contributed by atoms with Crippen LogP contribution in [-0.4, -0.2) is 102 Å². The van der Waals surface area contributed by atoms with Gasteiger partial charge in [-0.3, -0.25) is 28.8 Å². The Bertz CT molecular complexity index is 993. The van der Waals surface area contributed by atoms with Gasteiger partial charge in [-0.1, -0.05) is 41.5 Å². The monoisotopic (exact) mass is 614 g/mol. The average molecular weight is 615 g/mol. The molecule has 0 rings (SSSR count). The maximum Gasteiger partial charge on any atom is 0.451 e. The van der Waals surface area contributed by atoms with Crippen molar-refractivity contribution in [2.75, 3.05) is 6.61 Å². The zero-order valence-electron chi connectivity index (χ0n) is 24.0. The smallest absolute Gasteiger partial charge is 0.423 e. The zero-order chi connectivity index (χ0) is 33.2. The molecule has 0 aliphatic rings. The first-order chi connectivity index (χ1) is 19.3. The second-order valence-corrected chi connectivity index (χ2v) is 8.42. The van der Waals surface area contributed by atoms with Crippen molar-refractivity contribution in [1.82, 2.24) is 0 Å². The third-order valence-electron chi connectivity index (χ3n) is 5.39. The van der Waals surface area contributed by atoms with Gasteiger partial charge >= 0.3 is 64.9 Å². The van der Waals surface area contributed by atoms with Gasteiger partial charge in [0.2, 0.25) is 0 Å². The molecule has 0 amide bonds. The van der Waals surface area contributed by atoms with Gasteiger partial charge in [-0.15, -0.1) is 0 Å². The third-order valence-corrected chi connectivity index (χ3v) is 5.39. The Morgan fingerprint density at radius 3 is 1.00 bits per heavy atom. The molecular formula is C24H38O18. The van der Waals surface area contributed by atoms with Crippen molar-refractivity contribution in [1.29, 1.82) is 0 Å². The van der Waals surface area contributed by atoms with Crippen LogP contribution in [0.5, 0.6) is 0 Å². The van der Waals surface area contributed by atoms with Crippen molar-refractivity contribution in [3.63, 3.8) is 0 Å². The van der Waals surface area contributed by atoms with Crippen LogP contribution in [0.2, 0.25) is 0 Å². The lowest BCUT2D eigenvalue weighted by Crippen LogP contribution is -2.85. The lowest BCUT2D eigenvalue weighted by atomic mass is 9.86. The fourth-order valence-electron chi connectivity index (χ4n) is 2.92. The van der Waals surface area contributed by atoms with Crippen LogP contribution in [0, 0.1) is 0 Å². The molecule has 242 valence electrons. The summed E-state index contributed by atoms with van der Waals surface area (Å²) in [5.41, 5.74) is 0. The molecule has 0 saturated heterocycles. The predicted octanol–water partition coefficient (Wildman–Crippen LogP) is -1.90. The highest BCUT2D eigenvalue weighted by atomic mass is 16.9. The fraction of sp³-hybridized carbons (Fsp3) is 0.750. The highest BCUT2D eigenvalue weighted by molar-refractivity contribution is 5.74. The van der Waals surface area contributed by atoms with Gasteiger partial charge in [0.25, 0.3) is 0 Å². The molecule has 18 nitrogen and oxygen atoms in total. The third kappa shape index (κ3) is 7.69. The van der Waals surface area contributed by atoms with Crippen LogP contribution in [0.3, 0.4) is 0 Å². The minimum absolute atomic E-state index is 0.617. The molecule has 4 atom stereocenters. The number of hydrogen-bond donors (Lipinski definition) is 6. The maximum atomic E-state index is 12.6. The van der Waals surface area contributed by atoms with E-state index in [2.05, 4.69) is 23.7 Å². The highest BCUT2D eigenvalue weighted by Crippen LogP contribution is 2.49. The SMILES string of the molecule is CCC(=O)OC(O)(OC(=O)CC)[C@](O)(OC(=O)CC)[C@](O)(OC(=O)CC)[C@](O)(OC(=O)CC)[C@](O)(CO)OC(=O)CC. The van der Waals surface area contributed by atoms with Crippen LogP contribution in [0.1, 0.15) is 80.1 Å². The van der Waals surface area contributed by atoms with E-state index >= 15 is 0 Å². The van der Waals surface area contributed by atoms with Crippen LogP contribution in [0.4, 0.5) is 0 Å². The fourth-order valence-corrected chi connectivity index (χ4v) is 2.92. The summed E-state index contributed by atoms with van der Waals surface area (Å²) < 4.78 is 27.9. The number of ether oxygens (including phenoxy) is 6. The molecule has 0 aromatic rings. The van der Waals surface area contributed by atoms with Crippen molar-refractivity contribution in [2.45, 2.75) is 109 Å². The minimum atomic E-state index is -4.90. The molecule has 0 aliphatic carbocycles. The van der Waals surface area contributed by atoms with Crippen molar-refractivity contribution in [3.05, 3.63) is 0 Å². The lowest BCUT2D eigenvalue weighted by Gasteiger charge is -2.53. The van der Waals surface area contributed by atoms with E-state index in [1.165, 1.54) is 0 Å². The van der Waals surface area contributed by atoms with Crippen LogP contribution < -0.4 is 0 Å². The van der Waals surface area contributed by atoms with E-state index in [0.29, 0.717) is 0 Å². The van der Waals surface area contributed by atoms with Crippen molar-refractivity contribution in [2.24, 2.45) is 0 Å². The Labute approximate surface area is 240 Å². The van der Waals surface area contributed by atoms with E-state index in [-0.39, 0.29) is 0 Å². The molecule has 0 bridgehead atoms. The molecule has 0 unspecified atom stereocenters. The first kappa shape index (κ1) is 38.6. The first-order valence-electron chi connectivity index (χ1n) is 12.8. The summed E-state index contributed by atoms with van der Waals surface area (Å²) in [6.45, 7) is 4.59. The van der Waals surface area contributed by atoms with Gasteiger partial charge in [0.05, 0.1) is 0 Å². The Morgan fingerprint density at radius 2 is 0.690 bits per heavy atom. The summed E-state index contributed by atoms with van der Waals surface area (Å²) in [6, 6.07) is 0. The molecular weight excluding hydrogens is 576 g/mol. The predicted molar refractivity (Wildman–Crippen MR) is 130 cm³/mol. The zero-order valence-corrected chi connectivity index (χ0v) is 24.0. The Hall–Kier alpha value is -3.42. The van der Waals surface area contributed by atoms with Crippen LogP contribution in [0.15, 0.2) is 0 Å². The van der Waals surface area contributed by atoms with Crippen LogP contribution >= 0.6 is 0 Å². The summed E-state index contributed by atoms with van der Waals surface area (Å²) >= 11 is 0. The topological polar surface area (TPSA) is 279 Å². The highest BCUT2D eigenvalue weighted by Gasteiger charge is 2.87. The Kier molecular flexibility index (Phi) is 13.9. The standard InChI is InChI=1S/C24H38O18/c1-7-14(26)37-20(32,13-25)21(33,38-15(27)8-2)22(34,39-16(28)9-3)23(35,40-17(29)10-4)24(36,41-18(30)11-5)42-19(31)12-6/h25,32-36H,7-13H2,1-6H3/t20-,21+,22+,23+/m0/s1. The second-order valence-electron chi connectivity index (χ2n) is 8.42. The molecule has 0 radical (unpaired) electrons. The molecule has 0 aromatic heterocycles. The molecule has 42 heavy (non-hydrogen) atoms. The molecule has 6 N–H and O–H groups in total. The van der Waals surface area contributed by atoms with Crippen molar-refractivity contribution < 1.29 is 87.8 Å². The van der Waals surface area contributed by atoms with Gasteiger partial charge in [0.1, 0.15) is 6.61 Å². The normalized spacial score (nSPS) is 17.1. The number of hydrogen-bond acceptors (Lipinski definition) is 18.